The number of aliphatic hydroxyl groups is 1. The van der Waals surface area contributed by atoms with E-state index in [2.05, 4.69) is 4.90 Å². The van der Waals surface area contributed by atoms with E-state index in [9.17, 15) is 9.90 Å². The van der Waals surface area contributed by atoms with Gasteiger partial charge in [0.05, 0.1) is 6.26 Å². The molecule has 1 aliphatic heterocycles. The summed E-state index contributed by atoms with van der Waals surface area (Å²) in [7, 11) is 0. The smallest absolute Gasteiger partial charge is 0.209 e. The number of amides is 1. The lowest BCUT2D eigenvalue weighted by Crippen LogP contribution is -2.46. The molecule has 1 fully saturated rings. The summed E-state index contributed by atoms with van der Waals surface area (Å²) in [5, 5.41) is 9.87. The minimum Gasteiger partial charge on any atom is -0.467 e. The van der Waals surface area contributed by atoms with E-state index in [1.165, 1.54) is 0 Å². The van der Waals surface area contributed by atoms with Crippen LogP contribution in [0.2, 0.25) is 0 Å². The van der Waals surface area contributed by atoms with Gasteiger partial charge in [0.2, 0.25) is 6.41 Å². The average Bonchev–Trinajstić information content (AvgIpc) is 2.83. The standard InChI is InChI=1S/C11H16N2O3/c14-9-13-5-3-12(4-6-13)8-10(15)11-2-1-7-16-11/h1-2,7,9-10,15H,3-6,8H2. The Bertz CT molecular complexity index is 318. The molecule has 0 radical (unpaired) electrons. The summed E-state index contributed by atoms with van der Waals surface area (Å²) in [6.07, 6.45) is 1.85. The molecule has 1 aromatic heterocycles. The van der Waals surface area contributed by atoms with Gasteiger partial charge in [0.25, 0.3) is 0 Å². The lowest BCUT2D eigenvalue weighted by atomic mass is 10.2. The molecule has 1 saturated heterocycles. The van der Waals surface area contributed by atoms with Gasteiger partial charge in [-0.1, -0.05) is 0 Å². The number of furan rings is 1. The van der Waals surface area contributed by atoms with Gasteiger partial charge in [-0.25, -0.2) is 0 Å². The molecule has 0 spiro atoms. The summed E-state index contributed by atoms with van der Waals surface area (Å²) < 4.78 is 5.14. The summed E-state index contributed by atoms with van der Waals surface area (Å²) in [6.45, 7) is 3.62. The first-order chi connectivity index (χ1) is 7.79. The van der Waals surface area contributed by atoms with E-state index in [1.807, 2.05) is 0 Å². The highest BCUT2D eigenvalue weighted by Gasteiger charge is 2.19. The number of piperazine rings is 1. The molecule has 0 bridgehead atoms. The Kier molecular flexibility index (Phi) is 3.58. The fourth-order valence-corrected chi connectivity index (χ4v) is 1.87. The van der Waals surface area contributed by atoms with E-state index in [4.69, 9.17) is 4.42 Å². The van der Waals surface area contributed by atoms with Crippen molar-refractivity contribution in [3.05, 3.63) is 24.2 Å². The molecule has 5 heteroatoms. The van der Waals surface area contributed by atoms with Crippen LogP contribution in [0.1, 0.15) is 11.9 Å². The molecular weight excluding hydrogens is 208 g/mol. The van der Waals surface area contributed by atoms with E-state index in [-0.39, 0.29) is 0 Å². The summed E-state index contributed by atoms with van der Waals surface area (Å²) in [4.78, 5) is 14.4. The van der Waals surface area contributed by atoms with Crippen molar-refractivity contribution in [3.63, 3.8) is 0 Å². The minimum atomic E-state index is -0.585. The van der Waals surface area contributed by atoms with Crippen LogP contribution in [0.4, 0.5) is 0 Å². The second-order valence-corrected chi connectivity index (χ2v) is 3.97. The maximum absolute atomic E-state index is 10.5. The van der Waals surface area contributed by atoms with Gasteiger partial charge in [0.1, 0.15) is 11.9 Å². The predicted octanol–water partition coefficient (Wildman–Crippen LogP) is 0.0870. The number of nitrogens with zero attached hydrogens (tertiary/aromatic N) is 2. The number of rotatable bonds is 4. The molecule has 88 valence electrons. The van der Waals surface area contributed by atoms with Crippen LogP contribution in [0.3, 0.4) is 0 Å². The van der Waals surface area contributed by atoms with Crippen LogP contribution in [0.25, 0.3) is 0 Å². The van der Waals surface area contributed by atoms with E-state index < -0.39 is 6.10 Å². The zero-order chi connectivity index (χ0) is 11.4. The molecule has 1 aliphatic rings. The van der Waals surface area contributed by atoms with Gasteiger partial charge in [-0.15, -0.1) is 0 Å². The summed E-state index contributed by atoms with van der Waals surface area (Å²) in [6, 6.07) is 3.54. The second kappa shape index (κ2) is 5.14. The molecule has 16 heavy (non-hydrogen) atoms. The Balaban J connectivity index is 1.80. The van der Waals surface area contributed by atoms with Crippen LogP contribution in [0.15, 0.2) is 22.8 Å². The number of β-amino-alcohol motifs (C(OH)–C–C–N with tert-alkyl or cyclic N) is 1. The van der Waals surface area contributed by atoms with Crippen molar-refractivity contribution >= 4 is 6.41 Å². The Morgan fingerprint density at radius 3 is 2.75 bits per heavy atom. The third-order valence-electron chi connectivity index (χ3n) is 2.86. The van der Waals surface area contributed by atoms with Gasteiger partial charge in [0.15, 0.2) is 0 Å². The molecule has 1 amide bonds. The fraction of sp³-hybridized carbons (Fsp3) is 0.545. The van der Waals surface area contributed by atoms with E-state index in [0.29, 0.717) is 12.3 Å². The summed E-state index contributed by atoms with van der Waals surface area (Å²) in [5.41, 5.74) is 0. The van der Waals surface area contributed by atoms with Crippen LogP contribution >= 0.6 is 0 Å². The van der Waals surface area contributed by atoms with Crippen LogP contribution in [0.5, 0.6) is 0 Å². The third kappa shape index (κ3) is 2.62. The van der Waals surface area contributed by atoms with Crippen molar-refractivity contribution in [3.8, 4) is 0 Å². The minimum absolute atomic E-state index is 0.556. The van der Waals surface area contributed by atoms with Crippen molar-refractivity contribution in [1.82, 2.24) is 9.80 Å². The quantitative estimate of drug-likeness (QED) is 0.736. The van der Waals surface area contributed by atoms with Gasteiger partial charge in [-0.2, -0.15) is 0 Å². The Morgan fingerprint density at radius 2 is 2.19 bits per heavy atom. The molecule has 0 aliphatic carbocycles. The summed E-state index contributed by atoms with van der Waals surface area (Å²) in [5.74, 6) is 0.595. The number of carbonyl (C=O) groups excluding carboxylic acids is 1. The molecule has 1 aromatic rings. The highest BCUT2D eigenvalue weighted by Crippen LogP contribution is 2.15. The van der Waals surface area contributed by atoms with Gasteiger partial charge in [0, 0.05) is 32.7 Å². The summed E-state index contributed by atoms with van der Waals surface area (Å²) >= 11 is 0. The molecule has 5 nitrogen and oxygen atoms in total. The van der Waals surface area contributed by atoms with E-state index in [0.717, 1.165) is 32.6 Å². The third-order valence-corrected chi connectivity index (χ3v) is 2.86. The first kappa shape index (κ1) is 11.2. The largest absolute Gasteiger partial charge is 0.467 e. The lowest BCUT2D eigenvalue weighted by Gasteiger charge is -2.33. The van der Waals surface area contributed by atoms with Crippen molar-refractivity contribution in [1.29, 1.82) is 0 Å². The predicted molar refractivity (Wildman–Crippen MR) is 57.7 cm³/mol. The van der Waals surface area contributed by atoms with Gasteiger partial charge in [-0.05, 0) is 12.1 Å². The monoisotopic (exact) mass is 224 g/mol. The number of carbonyl (C=O) groups is 1. The fourth-order valence-electron chi connectivity index (χ4n) is 1.87. The molecule has 1 atom stereocenters. The normalized spacial score (nSPS) is 19.7. The number of hydrogen-bond donors (Lipinski definition) is 1. The van der Waals surface area contributed by atoms with Gasteiger partial charge >= 0.3 is 0 Å². The van der Waals surface area contributed by atoms with Crippen LogP contribution in [0, 0.1) is 0 Å². The Morgan fingerprint density at radius 1 is 1.44 bits per heavy atom. The van der Waals surface area contributed by atoms with Crippen molar-refractivity contribution in [2.75, 3.05) is 32.7 Å². The van der Waals surface area contributed by atoms with Crippen molar-refractivity contribution < 1.29 is 14.3 Å². The van der Waals surface area contributed by atoms with Crippen molar-refractivity contribution in [2.24, 2.45) is 0 Å². The number of aliphatic hydroxyl groups excluding tert-OH is 1. The lowest BCUT2D eigenvalue weighted by molar-refractivity contribution is -0.119. The maximum Gasteiger partial charge on any atom is 0.209 e. The molecule has 0 saturated carbocycles. The van der Waals surface area contributed by atoms with Crippen LogP contribution in [-0.4, -0.2) is 54.0 Å². The SMILES string of the molecule is O=CN1CCN(CC(O)c2ccco2)CC1. The molecule has 0 aromatic carbocycles. The Labute approximate surface area is 94.2 Å². The molecule has 2 heterocycles. The van der Waals surface area contributed by atoms with Gasteiger partial charge < -0.3 is 14.4 Å². The highest BCUT2D eigenvalue weighted by atomic mass is 16.4. The first-order valence-electron chi connectivity index (χ1n) is 5.43. The van der Waals surface area contributed by atoms with E-state index >= 15 is 0 Å². The molecular formula is C11H16N2O3. The van der Waals surface area contributed by atoms with Gasteiger partial charge in [-0.3, -0.25) is 9.69 Å². The average molecular weight is 224 g/mol. The molecule has 1 unspecified atom stereocenters. The van der Waals surface area contributed by atoms with Crippen LogP contribution in [-0.2, 0) is 4.79 Å². The zero-order valence-electron chi connectivity index (χ0n) is 9.08. The zero-order valence-corrected chi connectivity index (χ0v) is 9.08. The van der Waals surface area contributed by atoms with Crippen LogP contribution < -0.4 is 0 Å². The Hall–Kier alpha value is -1.33. The van der Waals surface area contributed by atoms with E-state index in [1.54, 1.807) is 23.3 Å². The maximum atomic E-state index is 10.5. The number of hydrogen-bond acceptors (Lipinski definition) is 4. The topological polar surface area (TPSA) is 56.9 Å². The molecule has 1 N–H and O–H groups in total. The van der Waals surface area contributed by atoms with Crippen molar-refractivity contribution in [2.45, 2.75) is 6.10 Å². The first-order valence-corrected chi connectivity index (χ1v) is 5.43. The molecule has 2 rings (SSSR count). The highest BCUT2D eigenvalue weighted by molar-refractivity contribution is 5.47. The second-order valence-electron chi connectivity index (χ2n) is 3.97.